The Balaban J connectivity index is 2.04. The van der Waals surface area contributed by atoms with Gasteiger partial charge in [-0.15, -0.1) is 0 Å². The van der Waals surface area contributed by atoms with Crippen LogP contribution >= 0.6 is 0 Å². The predicted octanol–water partition coefficient (Wildman–Crippen LogP) is 1.72. The van der Waals surface area contributed by atoms with Crippen LogP contribution in [0.25, 0.3) is 0 Å². The Morgan fingerprint density at radius 1 is 1.17 bits per heavy atom. The molecular weight excluding hydrogens is 380 g/mol. The second kappa shape index (κ2) is 9.83. The third-order valence-corrected chi connectivity index (χ3v) is 3.76. The van der Waals surface area contributed by atoms with E-state index in [-0.39, 0.29) is 17.9 Å². The van der Waals surface area contributed by atoms with E-state index in [0.717, 1.165) is 24.3 Å². The lowest BCUT2D eigenvalue weighted by Gasteiger charge is -2.14. The summed E-state index contributed by atoms with van der Waals surface area (Å²) in [6.07, 6.45) is 1.91. The van der Waals surface area contributed by atoms with Crippen molar-refractivity contribution in [2.75, 3.05) is 11.9 Å². The molecule has 2 N–H and O–H groups in total. The number of amides is 2. The number of nitrogens with zero attached hydrogens (tertiary/aromatic N) is 2. The summed E-state index contributed by atoms with van der Waals surface area (Å²) in [7, 11) is 0. The molecule has 0 bridgehead atoms. The number of benzene rings is 2. The lowest BCUT2D eigenvalue weighted by Crippen LogP contribution is -2.32. The van der Waals surface area contributed by atoms with E-state index in [2.05, 4.69) is 10.4 Å². The molecule has 10 heteroatoms. The van der Waals surface area contributed by atoms with Gasteiger partial charge < -0.3 is 15.2 Å². The van der Waals surface area contributed by atoms with Gasteiger partial charge in [-0.3, -0.25) is 19.7 Å². The zero-order chi connectivity index (χ0) is 21.4. The highest BCUT2D eigenvalue weighted by Crippen LogP contribution is 2.34. The maximum Gasteiger partial charge on any atom is 0.329 e. The first-order chi connectivity index (χ1) is 13.8. The van der Waals surface area contributed by atoms with Crippen LogP contribution in [0.5, 0.6) is 11.5 Å². The standard InChI is InChI=1S/C19H20N4O6/c1-3-12-5-7-14(8-6-12)21-18(25)19(26)22-20-11-13-9-15(23(27)28)17(24)16(10-13)29-4-2/h5-11,24H,3-4H2,1-2H3,(H,21,25)(H,22,26)/p-1/b20-11-. The largest absolute Gasteiger partial charge is 0.865 e. The molecule has 0 aromatic heterocycles. The first-order valence-corrected chi connectivity index (χ1v) is 8.71. The summed E-state index contributed by atoms with van der Waals surface area (Å²) in [5.74, 6) is -3.02. The van der Waals surface area contributed by atoms with Gasteiger partial charge in [0.15, 0.2) is 0 Å². The smallest absolute Gasteiger partial charge is 0.329 e. The van der Waals surface area contributed by atoms with E-state index in [4.69, 9.17) is 4.74 Å². The van der Waals surface area contributed by atoms with E-state index in [0.29, 0.717) is 5.69 Å². The maximum atomic E-state index is 11.9. The van der Waals surface area contributed by atoms with Gasteiger partial charge in [-0.1, -0.05) is 19.1 Å². The maximum absolute atomic E-state index is 11.9. The molecule has 29 heavy (non-hydrogen) atoms. The molecule has 2 amide bonds. The summed E-state index contributed by atoms with van der Waals surface area (Å²) in [6.45, 7) is 3.76. The summed E-state index contributed by atoms with van der Waals surface area (Å²) in [6, 6.07) is 9.25. The topological polar surface area (TPSA) is 146 Å². The van der Waals surface area contributed by atoms with Gasteiger partial charge in [0.05, 0.1) is 17.7 Å². The van der Waals surface area contributed by atoms with Gasteiger partial charge in [0.1, 0.15) is 5.75 Å². The van der Waals surface area contributed by atoms with Gasteiger partial charge in [-0.05, 0) is 37.1 Å². The third kappa shape index (κ3) is 5.76. The zero-order valence-corrected chi connectivity index (χ0v) is 15.8. The van der Waals surface area contributed by atoms with Gasteiger partial charge in [-0.25, -0.2) is 5.43 Å². The fraction of sp³-hybridized carbons (Fsp3) is 0.211. The summed E-state index contributed by atoms with van der Waals surface area (Å²) in [5, 5.41) is 28.9. The van der Waals surface area contributed by atoms with Crippen LogP contribution in [0.3, 0.4) is 0 Å². The second-order valence-corrected chi connectivity index (χ2v) is 5.76. The highest BCUT2D eigenvalue weighted by Gasteiger charge is 2.14. The first kappa shape index (κ1) is 21.4. The summed E-state index contributed by atoms with van der Waals surface area (Å²) >= 11 is 0. The molecule has 0 fully saturated rings. The van der Waals surface area contributed by atoms with Crippen molar-refractivity contribution < 1.29 is 24.4 Å². The molecule has 2 aromatic carbocycles. The molecule has 152 valence electrons. The number of nitro benzene ring substituents is 1. The summed E-state index contributed by atoms with van der Waals surface area (Å²) < 4.78 is 5.09. The number of carbonyl (C=O) groups excluding carboxylic acids is 2. The van der Waals surface area contributed by atoms with E-state index in [1.54, 1.807) is 19.1 Å². The molecule has 0 saturated heterocycles. The van der Waals surface area contributed by atoms with Crippen molar-refractivity contribution in [2.24, 2.45) is 5.10 Å². The van der Waals surface area contributed by atoms with Crippen molar-refractivity contribution in [3.63, 3.8) is 0 Å². The lowest BCUT2D eigenvalue weighted by atomic mass is 10.1. The SMILES string of the molecule is CCOc1cc(/C=N\NC(=O)C(=O)Nc2ccc(CC)cc2)cc([N+](=O)[O-])c1[O-]. The Hall–Kier alpha value is -3.95. The highest BCUT2D eigenvalue weighted by molar-refractivity contribution is 6.39. The average molecular weight is 399 g/mol. The van der Waals surface area contributed by atoms with E-state index >= 15 is 0 Å². The number of carbonyl (C=O) groups is 2. The summed E-state index contributed by atoms with van der Waals surface area (Å²) in [4.78, 5) is 33.9. The van der Waals surface area contributed by atoms with Crippen LogP contribution in [0.2, 0.25) is 0 Å². The summed E-state index contributed by atoms with van der Waals surface area (Å²) in [5.41, 5.74) is 3.02. The molecule has 0 aliphatic carbocycles. The van der Waals surface area contributed by atoms with Gasteiger partial charge >= 0.3 is 11.8 Å². The highest BCUT2D eigenvalue weighted by atomic mass is 16.6. The minimum absolute atomic E-state index is 0.142. The van der Waals surface area contributed by atoms with Crippen molar-refractivity contribution in [3.8, 4) is 11.5 Å². The molecule has 0 unspecified atom stereocenters. The molecule has 0 spiro atoms. The van der Waals surface area contributed by atoms with Crippen LogP contribution in [-0.2, 0) is 16.0 Å². The Kier molecular flexibility index (Phi) is 7.24. The van der Waals surface area contributed by atoms with Crippen molar-refractivity contribution in [1.82, 2.24) is 5.43 Å². The third-order valence-electron chi connectivity index (χ3n) is 3.76. The number of nitrogens with one attached hydrogen (secondary N) is 2. The van der Waals surface area contributed by atoms with Gasteiger partial charge in [0.25, 0.3) is 5.69 Å². The number of anilines is 1. The molecule has 0 heterocycles. The number of hydrazone groups is 1. The van der Waals surface area contributed by atoms with E-state index in [1.807, 2.05) is 24.5 Å². The Morgan fingerprint density at radius 3 is 2.45 bits per heavy atom. The molecule has 0 aliphatic heterocycles. The average Bonchev–Trinajstić information content (AvgIpc) is 2.70. The fourth-order valence-corrected chi connectivity index (χ4v) is 2.31. The van der Waals surface area contributed by atoms with Gasteiger partial charge in [0.2, 0.25) is 0 Å². The molecule has 2 aromatic rings. The molecule has 0 aliphatic rings. The predicted molar refractivity (Wildman–Crippen MR) is 104 cm³/mol. The normalized spacial score (nSPS) is 10.6. The van der Waals surface area contributed by atoms with Crippen LogP contribution in [-0.4, -0.2) is 29.6 Å². The van der Waals surface area contributed by atoms with Crippen molar-refractivity contribution >= 4 is 29.4 Å². The van der Waals surface area contributed by atoms with E-state index in [1.165, 1.54) is 6.07 Å². The molecule has 0 atom stereocenters. The van der Waals surface area contributed by atoms with Crippen LogP contribution in [0.4, 0.5) is 11.4 Å². The minimum atomic E-state index is -1.03. The number of ether oxygens (including phenoxy) is 1. The zero-order valence-electron chi connectivity index (χ0n) is 15.8. The number of rotatable bonds is 7. The molecule has 10 nitrogen and oxygen atoms in total. The van der Waals surface area contributed by atoms with Crippen LogP contribution in [0, 0.1) is 10.1 Å². The van der Waals surface area contributed by atoms with Gasteiger partial charge in [-0.2, -0.15) is 5.10 Å². The fourth-order valence-electron chi connectivity index (χ4n) is 2.31. The Labute approximate surface area is 166 Å². The van der Waals surface area contributed by atoms with Crippen molar-refractivity contribution in [1.29, 1.82) is 0 Å². The quantitative estimate of drug-likeness (QED) is 0.314. The number of nitro groups is 1. The lowest BCUT2D eigenvalue weighted by molar-refractivity contribution is -0.398. The molecule has 0 radical (unpaired) electrons. The van der Waals surface area contributed by atoms with Gasteiger partial charge in [0, 0.05) is 23.1 Å². The Bertz CT molecular complexity index is 940. The molecular formula is C19H19N4O6-. The van der Waals surface area contributed by atoms with Crippen molar-refractivity contribution in [3.05, 3.63) is 57.6 Å². The van der Waals surface area contributed by atoms with E-state index in [9.17, 15) is 24.8 Å². The van der Waals surface area contributed by atoms with Crippen LogP contribution < -0.4 is 20.6 Å². The monoisotopic (exact) mass is 399 g/mol. The second-order valence-electron chi connectivity index (χ2n) is 5.76. The van der Waals surface area contributed by atoms with Crippen LogP contribution in [0.15, 0.2) is 41.5 Å². The number of aryl methyl sites for hydroxylation is 1. The minimum Gasteiger partial charge on any atom is -0.865 e. The van der Waals surface area contributed by atoms with Crippen molar-refractivity contribution in [2.45, 2.75) is 20.3 Å². The van der Waals surface area contributed by atoms with Crippen LogP contribution in [0.1, 0.15) is 25.0 Å². The Morgan fingerprint density at radius 2 is 1.86 bits per heavy atom. The van der Waals surface area contributed by atoms with E-state index < -0.39 is 28.2 Å². The first-order valence-electron chi connectivity index (χ1n) is 8.71. The number of hydrogen-bond acceptors (Lipinski definition) is 7. The molecule has 2 rings (SSSR count). The number of hydrogen-bond donors (Lipinski definition) is 2. The molecule has 0 saturated carbocycles.